The molecule has 1 N–H and O–H groups in total. The van der Waals surface area contributed by atoms with Crippen molar-refractivity contribution >= 4 is 44.3 Å². The van der Waals surface area contributed by atoms with E-state index in [9.17, 15) is 10.1 Å². The van der Waals surface area contributed by atoms with Gasteiger partial charge >= 0.3 is 5.69 Å². The van der Waals surface area contributed by atoms with Crippen molar-refractivity contribution in [3.8, 4) is 0 Å². The first-order valence-electron chi connectivity index (χ1n) is 6.25. The maximum atomic E-state index is 11.4. The molecule has 1 atom stereocenters. The summed E-state index contributed by atoms with van der Waals surface area (Å²) in [7, 11) is 0. The standard InChI is InChI=1S/C13H12N4O2S2/c1-7-5-20-13(15-7)8(2)16-9-3-4-10-11(14-6-21-10)12(9)17(18)19/h3-6,8,16H,1-2H3. The van der Waals surface area contributed by atoms with Gasteiger partial charge in [-0.25, -0.2) is 9.97 Å². The second-order valence-corrected chi connectivity index (χ2v) is 6.39. The maximum absolute atomic E-state index is 11.4. The molecule has 3 aromatic rings. The predicted octanol–water partition coefficient (Wildman–Crippen LogP) is 4.14. The topological polar surface area (TPSA) is 81.0 Å². The average Bonchev–Trinajstić information content (AvgIpc) is 3.06. The Hall–Kier alpha value is -2.06. The minimum atomic E-state index is -0.385. The van der Waals surface area contributed by atoms with E-state index in [0.717, 1.165) is 15.4 Å². The lowest BCUT2D eigenvalue weighted by atomic mass is 10.2. The molecule has 21 heavy (non-hydrogen) atoms. The monoisotopic (exact) mass is 320 g/mol. The smallest absolute Gasteiger partial charge is 0.319 e. The van der Waals surface area contributed by atoms with Crippen molar-refractivity contribution in [2.45, 2.75) is 19.9 Å². The molecule has 8 heteroatoms. The van der Waals surface area contributed by atoms with Crippen LogP contribution in [-0.4, -0.2) is 14.9 Å². The number of hydrogen-bond donors (Lipinski definition) is 1. The Kier molecular flexibility index (Phi) is 3.56. The summed E-state index contributed by atoms with van der Waals surface area (Å²) in [6, 6.07) is 3.48. The molecule has 0 aliphatic rings. The van der Waals surface area contributed by atoms with E-state index in [1.54, 1.807) is 11.6 Å². The fourth-order valence-electron chi connectivity index (χ4n) is 2.08. The van der Waals surface area contributed by atoms with E-state index in [1.807, 2.05) is 25.3 Å². The van der Waals surface area contributed by atoms with E-state index >= 15 is 0 Å². The van der Waals surface area contributed by atoms with Crippen LogP contribution >= 0.6 is 22.7 Å². The summed E-state index contributed by atoms with van der Waals surface area (Å²) < 4.78 is 0.810. The molecule has 3 rings (SSSR count). The zero-order valence-corrected chi connectivity index (χ0v) is 13.0. The molecular formula is C13H12N4O2S2. The summed E-state index contributed by atoms with van der Waals surface area (Å²) in [5.41, 5.74) is 3.49. The Bertz CT molecular complexity index is 811. The molecule has 108 valence electrons. The maximum Gasteiger partial charge on any atom is 0.319 e. The highest BCUT2D eigenvalue weighted by Gasteiger charge is 2.22. The summed E-state index contributed by atoms with van der Waals surface area (Å²) in [5.74, 6) is 0. The van der Waals surface area contributed by atoms with Crippen molar-refractivity contribution in [1.82, 2.24) is 9.97 Å². The first kappa shape index (κ1) is 13.9. The van der Waals surface area contributed by atoms with Gasteiger partial charge in [-0.15, -0.1) is 22.7 Å². The quantitative estimate of drug-likeness (QED) is 0.577. The van der Waals surface area contributed by atoms with Gasteiger partial charge in [0.25, 0.3) is 0 Å². The van der Waals surface area contributed by atoms with Crippen LogP contribution < -0.4 is 5.32 Å². The number of benzene rings is 1. The van der Waals surface area contributed by atoms with Crippen LogP contribution in [0.3, 0.4) is 0 Å². The highest BCUT2D eigenvalue weighted by molar-refractivity contribution is 7.16. The van der Waals surface area contributed by atoms with Gasteiger partial charge < -0.3 is 5.32 Å². The summed E-state index contributed by atoms with van der Waals surface area (Å²) in [6.45, 7) is 3.86. The molecule has 0 saturated heterocycles. The molecule has 2 aromatic heterocycles. The molecule has 0 bridgehead atoms. The number of thiazole rings is 2. The molecule has 0 spiro atoms. The van der Waals surface area contributed by atoms with Gasteiger partial charge in [0.05, 0.1) is 21.2 Å². The molecule has 1 aromatic carbocycles. The Labute approximate surface area is 128 Å². The summed E-state index contributed by atoms with van der Waals surface area (Å²) in [4.78, 5) is 19.5. The number of aryl methyl sites for hydroxylation is 1. The van der Waals surface area contributed by atoms with E-state index in [-0.39, 0.29) is 16.7 Å². The van der Waals surface area contributed by atoms with Crippen molar-refractivity contribution in [1.29, 1.82) is 0 Å². The number of nitro groups is 1. The van der Waals surface area contributed by atoms with Gasteiger partial charge in [-0.1, -0.05) is 0 Å². The third kappa shape index (κ3) is 2.59. The van der Waals surface area contributed by atoms with E-state index in [4.69, 9.17) is 0 Å². The van der Waals surface area contributed by atoms with Crippen LogP contribution in [-0.2, 0) is 0 Å². The summed E-state index contributed by atoms with van der Waals surface area (Å²) in [6.07, 6.45) is 0. The van der Waals surface area contributed by atoms with E-state index < -0.39 is 0 Å². The third-order valence-corrected chi connectivity index (χ3v) is 4.98. The van der Waals surface area contributed by atoms with Gasteiger partial charge in [-0.05, 0) is 26.0 Å². The Balaban J connectivity index is 2.00. The normalized spacial score (nSPS) is 12.5. The highest BCUT2D eigenvalue weighted by Crippen LogP contribution is 2.36. The summed E-state index contributed by atoms with van der Waals surface area (Å²) >= 11 is 2.93. The van der Waals surface area contributed by atoms with Gasteiger partial charge in [0.1, 0.15) is 10.7 Å². The molecule has 0 saturated carbocycles. The van der Waals surface area contributed by atoms with Crippen LogP contribution in [0.25, 0.3) is 10.2 Å². The number of fused-ring (bicyclic) bond motifs is 1. The minimum Gasteiger partial charge on any atom is -0.370 e. The lowest BCUT2D eigenvalue weighted by molar-refractivity contribution is -0.382. The van der Waals surface area contributed by atoms with Crippen LogP contribution in [0.2, 0.25) is 0 Å². The molecular weight excluding hydrogens is 308 g/mol. The molecule has 0 radical (unpaired) electrons. The largest absolute Gasteiger partial charge is 0.370 e. The van der Waals surface area contributed by atoms with Crippen LogP contribution in [0.5, 0.6) is 0 Å². The van der Waals surface area contributed by atoms with Crippen molar-refractivity contribution in [3.05, 3.63) is 43.8 Å². The van der Waals surface area contributed by atoms with E-state index in [1.165, 1.54) is 22.7 Å². The molecule has 0 fully saturated rings. The zero-order chi connectivity index (χ0) is 15.0. The molecule has 6 nitrogen and oxygen atoms in total. The van der Waals surface area contributed by atoms with Gasteiger partial charge in [0.15, 0.2) is 5.52 Å². The van der Waals surface area contributed by atoms with Gasteiger partial charge in [-0.3, -0.25) is 10.1 Å². The molecule has 0 aliphatic heterocycles. The number of aromatic nitrogens is 2. The Morgan fingerprint density at radius 2 is 2.19 bits per heavy atom. The molecule has 1 unspecified atom stereocenters. The van der Waals surface area contributed by atoms with Crippen LogP contribution in [0.15, 0.2) is 23.0 Å². The second kappa shape index (κ2) is 5.38. The third-order valence-electron chi connectivity index (χ3n) is 3.04. The molecule has 0 aliphatic carbocycles. The molecule has 2 heterocycles. The fraction of sp³-hybridized carbons (Fsp3) is 0.231. The number of nitrogens with zero attached hydrogens (tertiary/aromatic N) is 3. The number of anilines is 1. The molecule has 0 amide bonds. The second-order valence-electron chi connectivity index (χ2n) is 4.61. The van der Waals surface area contributed by atoms with Gasteiger partial charge in [0, 0.05) is 11.1 Å². The number of nitrogens with one attached hydrogen (secondary N) is 1. The van der Waals surface area contributed by atoms with E-state index in [2.05, 4.69) is 15.3 Å². The van der Waals surface area contributed by atoms with Crippen LogP contribution in [0.1, 0.15) is 23.7 Å². The number of hydrogen-bond acceptors (Lipinski definition) is 7. The highest BCUT2D eigenvalue weighted by atomic mass is 32.1. The van der Waals surface area contributed by atoms with Gasteiger partial charge in [-0.2, -0.15) is 0 Å². The number of nitro benzene ring substituents is 1. The number of rotatable bonds is 4. The minimum absolute atomic E-state index is 0.0221. The van der Waals surface area contributed by atoms with Crippen molar-refractivity contribution in [2.24, 2.45) is 0 Å². The van der Waals surface area contributed by atoms with E-state index in [0.29, 0.717) is 11.2 Å². The first-order chi connectivity index (χ1) is 10.1. The fourth-order valence-corrected chi connectivity index (χ4v) is 3.57. The SMILES string of the molecule is Cc1csc(C(C)Nc2ccc3scnc3c2[N+](=O)[O-])n1. The summed E-state index contributed by atoms with van der Waals surface area (Å²) in [5, 5.41) is 17.4. The lowest BCUT2D eigenvalue weighted by Crippen LogP contribution is -2.08. The van der Waals surface area contributed by atoms with Crippen molar-refractivity contribution in [2.75, 3.05) is 5.32 Å². The zero-order valence-electron chi connectivity index (χ0n) is 11.4. The van der Waals surface area contributed by atoms with Crippen molar-refractivity contribution in [3.63, 3.8) is 0 Å². The van der Waals surface area contributed by atoms with Crippen molar-refractivity contribution < 1.29 is 4.92 Å². The van der Waals surface area contributed by atoms with Crippen LogP contribution in [0.4, 0.5) is 11.4 Å². The van der Waals surface area contributed by atoms with Gasteiger partial charge in [0.2, 0.25) is 0 Å². The van der Waals surface area contributed by atoms with Crippen LogP contribution in [0, 0.1) is 17.0 Å². The average molecular weight is 320 g/mol. The predicted molar refractivity (Wildman–Crippen MR) is 85.2 cm³/mol. The first-order valence-corrected chi connectivity index (χ1v) is 8.01. The Morgan fingerprint density at radius 3 is 2.86 bits per heavy atom. The lowest BCUT2D eigenvalue weighted by Gasteiger charge is -2.13. The Morgan fingerprint density at radius 1 is 1.38 bits per heavy atom.